The molecule has 0 aliphatic carbocycles. The predicted octanol–water partition coefficient (Wildman–Crippen LogP) is 2.10. The summed E-state index contributed by atoms with van der Waals surface area (Å²) in [6.07, 6.45) is 3.60. The second kappa shape index (κ2) is 7.46. The number of aliphatic hydroxyl groups excluding tert-OH is 1. The molecule has 2 N–H and O–H groups in total. The van der Waals surface area contributed by atoms with Crippen molar-refractivity contribution in [1.29, 1.82) is 0 Å². The first-order chi connectivity index (χ1) is 8.45. The molecule has 0 radical (unpaired) electrons. The van der Waals surface area contributed by atoms with Gasteiger partial charge in [0.1, 0.15) is 0 Å². The van der Waals surface area contributed by atoms with Crippen LogP contribution in [0, 0.1) is 11.3 Å². The highest BCUT2D eigenvalue weighted by molar-refractivity contribution is 4.82. The fourth-order valence-corrected chi connectivity index (χ4v) is 2.53. The fourth-order valence-electron chi connectivity index (χ4n) is 2.53. The molecule has 0 aromatic rings. The molecule has 1 aliphatic heterocycles. The van der Waals surface area contributed by atoms with Gasteiger partial charge in [0.05, 0.1) is 6.10 Å². The number of nitrogens with one attached hydrogen (secondary N) is 1. The minimum absolute atomic E-state index is 0.227. The van der Waals surface area contributed by atoms with E-state index in [2.05, 4.69) is 37.9 Å². The Labute approximate surface area is 113 Å². The Morgan fingerprint density at radius 3 is 2.33 bits per heavy atom. The van der Waals surface area contributed by atoms with E-state index in [9.17, 15) is 5.11 Å². The first-order valence-corrected chi connectivity index (χ1v) is 7.56. The van der Waals surface area contributed by atoms with Gasteiger partial charge in [-0.3, -0.25) is 0 Å². The molecular weight excluding hydrogens is 224 g/mol. The van der Waals surface area contributed by atoms with Crippen LogP contribution in [0.3, 0.4) is 0 Å². The van der Waals surface area contributed by atoms with Gasteiger partial charge < -0.3 is 15.3 Å². The van der Waals surface area contributed by atoms with E-state index in [1.807, 2.05) is 0 Å². The zero-order valence-corrected chi connectivity index (χ0v) is 12.7. The molecule has 1 aliphatic rings. The summed E-state index contributed by atoms with van der Waals surface area (Å²) in [5, 5.41) is 13.3. The second-order valence-electron chi connectivity index (χ2n) is 6.67. The molecule has 0 bridgehead atoms. The Hall–Kier alpha value is -0.120. The summed E-state index contributed by atoms with van der Waals surface area (Å²) < 4.78 is 0. The molecule has 1 unspecified atom stereocenters. The summed E-state index contributed by atoms with van der Waals surface area (Å²) in [6.45, 7) is 13.9. The summed E-state index contributed by atoms with van der Waals surface area (Å²) in [7, 11) is 0. The van der Waals surface area contributed by atoms with Crippen molar-refractivity contribution in [2.24, 2.45) is 11.3 Å². The molecule has 1 rings (SSSR count). The predicted molar refractivity (Wildman–Crippen MR) is 77.8 cm³/mol. The quantitative estimate of drug-likeness (QED) is 0.732. The Kier molecular flexibility index (Phi) is 6.61. The molecule has 1 fully saturated rings. The molecule has 0 aromatic carbocycles. The van der Waals surface area contributed by atoms with Gasteiger partial charge in [-0.25, -0.2) is 0 Å². The van der Waals surface area contributed by atoms with Gasteiger partial charge in [-0.05, 0) is 43.8 Å². The van der Waals surface area contributed by atoms with Crippen molar-refractivity contribution >= 4 is 0 Å². The van der Waals surface area contributed by atoms with Gasteiger partial charge >= 0.3 is 0 Å². The number of hydrogen-bond donors (Lipinski definition) is 2. The highest BCUT2D eigenvalue weighted by Crippen LogP contribution is 2.33. The zero-order valence-electron chi connectivity index (χ0n) is 12.7. The summed E-state index contributed by atoms with van der Waals surface area (Å²) in [4.78, 5) is 2.42. The van der Waals surface area contributed by atoms with E-state index in [4.69, 9.17) is 0 Å². The number of hydrogen-bond acceptors (Lipinski definition) is 3. The number of likely N-dealkylation sites (tertiary alicyclic amines) is 1. The van der Waals surface area contributed by atoms with Crippen molar-refractivity contribution in [3.8, 4) is 0 Å². The van der Waals surface area contributed by atoms with Crippen molar-refractivity contribution in [3.63, 3.8) is 0 Å². The van der Waals surface area contributed by atoms with Crippen LogP contribution in [0.2, 0.25) is 0 Å². The van der Waals surface area contributed by atoms with Gasteiger partial charge in [0.2, 0.25) is 0 Å². The normalized spacial score (nSPS) is 22.3. The molecule has 0 spiro atoms. The lowest BCUT2D eigenvalue weighted by Gasteiger charge is -2.39. The molecular formula is C15H32N2O. The first kappa shape index (κ1) is 15.9. The molecule has 1 atom stereocenters. The molecule has 3 heteroatoms. The number of rotatable bonds is 7. The van der Waals surface area contributed by atoms with E-state index in [0.717, 1.165) is 32.7 Å². The van der Waals surface area contributed by atoms with Crippen LogP contribution >= 0.6 is 0 Å². The molecule has 3 nitrogen and oxygen atoms in total. The Balaban J connectivity index is 2.16. The van der Waals surface area contributed by atoms with Crippen molar-refractivity contribution in [2.75, 3.05) is 32.7 Å². The van der Waals surface area contributed by atoms with Gasteiger partial charge in [-0.1, -0.05) is 34.1 Å². The van der Waals surface area contributed by atoms with Crippen molar-refractivity contribution in [3.05, 3.63) is 0 Å². The first-order valence-electron chi connectivity index (χ1n) is 7.56. The molecule has 18 heavy (non-hydrogen) atoms. The van der Waals surface area contributed by atoms with Crippen LogP contribution in [0.4, 0.5) is 0 Å². The molecule has 0 aromatic heterocycles. The number of β-amino-alcohol motifs (C(OH)–C–C–N with tert-alkyl or cyclic N) is 1. The van der Waals surface area contributed by atoms with Crippen LogP contribution in [-0.2, 0) is 0 Å². The Morgan fingerprint density at radius 2 is 1.83 bits per heavy atom. The van der Waals surface area contributed by atoms with Gasteiger partial charge in [0, 0.05) is 13.1 Å². The van der Waals surface area contributed by atoms with E-state index in [1.165, 1.54) is 19.3 Å². The zero-order chi connectivity index (χ0) is 13.6. The van der Waals surface area contributed by atoms with Crippen LogP contribution in [0.1, 0.15) is 47.0 Å². The number of aliphatic hydroxyl groups is 1. The lowest BCUT2D eigenvalue weighted by molar-refractivity contribution is 0.0626. The largest absolute Gasteiger partial charge is 0.390 e. The average molecular weight is 256 g/mol. The van der Waals surface area contributed by atoms with E-state index in [1.54, 1.807) is 0 Å². The highest BCUT2D eigenvalue weighted by atomic mass is 16.3. The van der Waals surface area contributed by atoms with E-state index in [0.29, 0.717) is 11.3 Å². The summed E-state index contributed by atoms with van der Waals surface area (Å²) in [5.41, 5.74) is 0.539. The standard InChI is InChI=1S/C15H32N2O/c1-5-15(4)6-8-17(9-7-15)12-14(18)11-16-10-13(2)3/h13-14,16,18H,5-12H2,1-4H3. The number of piperidine rings is 1. The Bertz CT molecular complexity index is 223. The maximum atomic E-state index is 10.00. The highest BCUT2D eigenvalue weighted by Gasteiger charge is 2.28. The second-order valence-corrected chi connectivity index (χ2v) is 6.67. The monoisotopic (exact) mass is 256 g/mol. The molecule has 0 saturated carbocycles. The lowest BCUT2D eigenvalue weighted by Crippen LogP contribution is -2.44. The van der Waals surface area contributed by atoms with E-state index >= 15 is 0 Å². The summed E-state index contributed by atoms with van der Waals surface area (Å²) in [6, 6.07) is 0. The van der Waals surface area contributed by atoms with Gasteiger partial charge in [0.25, 0.3) is 0 Å². The van der Waals surface area contributed by atoms with E-state index < -0.39 is 0 Å². The van der Waals surface area contributed by atoms with E-state index in [-0.39, 0.29) is 6.10 Å². The SMILES string of the molecule is CCC1(C)CCN(CC(O)CNCC(C)C)CC1. The maximum Gasteiger partial charge on any atom is 0.0791 e. The topological polar surface area (TPSA) is 35.5 Å². The van der Waals surface area contributed by atoms with Crippen LogP contribution in [0.15, 0.2) is 0 Å². The Morgan fingerprint density at radius 1 is 1.22 bits per heavy atom. The smallest absolute Gasteiger partial charge is 0.0791 e. The summed E-state index contributed by atoms with van der Waals surface area (Å²) >= 11 is 0. The van der Waals surface area contributed by atoms with Crippen molar-refractivity contribution in [1.82, 2.24) is 10.2 Å². The third-order valence-corrected chi connectivity index (χ3v) is 4.32. The van der Waals surface area contributed by atoms with Crippen molar-refractivity contribution < 1.29 is 5.11 Å². The molecule has 1 saturated heterocycles. The summed E-state index contributed by atoms with van der Waals surface area (Å²) in [5.74, 6) is 0.650. The maximum absolute atomic E-state index is 10.00. The third-order valence-electron chi connectivity index (χ3n) is 4.32. The fraction of sp³-hybridized carbons (Fsp3) is 1.00. The lowest BCUT2D eigenvalue weighted by atomic mass is 9.78. The number of nitrogens with zero attached hydrogens (tertiary/aromatic N) is 1. The average Bonchev–Trinajstić information content (AvgIpc) is 2.32. The van der Waals surface area contributed by atoms with Crippen LogP contribution in [-0.4, -0.2) is 48.8 Å². The minimum atomic E-state index is -0.227. The third kappa shape index (κ3) is 5.68. The van der Waals surface area contributed by atoms with Gasteiger partial charge in [-0.2, -0.15) is 0 Å². The minimum Gasteiger partial charge on any atom is -0.390 e. The van der Waals surface area contributed by atoms with Crippen LogP contribution < -0.4 is 5.32 Å². The molecule has 108 valence electrons. The van der Waals surface area contributed by atoms with Crippen LogP contribution in [0.25, 0.3) is 0 Å². The van der Waals surface area contributed by atoms with Gasteiger partial charge in [-0.15, -0.1) is 0 Å². The van der Waals surface area contributed by atoms with Crippen LogP contribution in [0.5, 0.6) is 0 Å². The molecule has 1 heterocycles. The van der Waals surface area contributed by atoms with Crippen molar-refractivity contribution in [2.45, 2.75) is 53.1 Å². The molecule has 0 amide bonds. The van der Waals surface area contributed by atoms with Gasteiger partial charge in [0.15, 0.2) is 0 Å².